The van der Waals surface area contributed by atoms with Crippen molar-refractivity contribution in [3.63, 3.8) is 0 Å². The third-order valence-electron chi connectivity index (χ3n) is 2.98. The molecule has 19 heavy (non-hydrogen) atoms. The van der Waals surface area contributed by atoms with Crippen molar-refractivity contribution in [1.29, 1.82) is 0 Å². The molecule has 1 aliphatic rings. The van der Waals surface area contributed by atoms with Crippen LogP contribution in [-0.4, -0.2) is 11.0 Å². The summed E-state index contributed by atoms with van der Waals surface area (Å²) in [5.74, 6) is 0. The summed E-state index contributed by atoms with van der Waals surface area (Å²) in [7, 11) is 0. The Hall–Kier alpha value is -0.970. The molecule has 0 saturated heterocycles. The van der Waals surface area contributed by atoms with Crippen LogP contribution in [0.2, 0.25) is 5.02 Å². The van der Waals surface area contributed by atoms with Gasteiger partial charge in [-0.15, -0.1) is 0 Å². The van der Waals surface area contributed by atoms with E-state index in [1.54, 1.807) is 6.26 Å². The number of rotatable bonds is 5. The Bertz CT molecular complexity index is 581. The Balaban J connectivity index is 1.77. The van der Waals surface area contributed by atoms with E-state index in [1.807, 2.05) is 25.1 Å². The normalized spacial score (nSPS) is 14.8. The van der Waals surface area contributed by atoms with Gasteiger partial charge in [0, 0.05) is 22.5 Å². The van der Waals surface area contributed by atoms with Gasteiger partial charge < -0.3 is 9.73 Å². The fourth-order valence-corrected chi connectivity index (χ4v) is 2.87. The molecule has 1 fully saturated rings. The maximum atomic E-state index is 6.08. The van der Waals surface area contributed by atoms with E-state index in [0.29, 0.717) is 11.3 Å². The van der Waals surface area contributed by atoms with E-state index >= 15 is 0 Å². The van der Waals surface area contributed by atoms with Crippen molar-refractivity contribution in [2.75, 3.05) is 0 Å². The van der Waals surface area contributed by atoms with Crippen molar-refractivity contribution in [3.05, 3.63) is 40.7 Å². The first-order valence-electron chi connectivity index (χ1n) is 6.32. The third-order valence-corrected chi connectivity index (χ3v) is 4.19. The molecule has 1 saturated carbocycles. The van der Waals surface area contributed by atoms with Gasteiger partial charge in [0.15, 0.2) is 0 Å². The predicted molar refractivity (Wildman–Crippen MR) is 76.7 cm³/mol. The van der Waals surface area contributed by atoms with Crippen LogP contribution >= 0.6 is 23.4 Å². The Kier molecular flexibility index (Phi) is 3.82. The summed E-state index contributed by atoms with van der Waals surface area (Å²) in [6, 6.07) is 6.62. The highest BCUT2D eigenvalue weighted by molar-refractivity contribution is 7.99. The van der Waals surface area contributed by atoms with Crippen LogP contribution in [-0.2, 0) is 6.54 Å². The number of nitrogens with zero attached hydrogens (tertiary/aromatic N) is 1. The first-order chi connectivity index (χ1) is 9.20. The Morgan fingerprint density at radius 1 is 1.47 bits per heavy atom. The number of oxazole rings is 1. The lowest BCUT2D eigenvalue weighted by Gasteiger charge is -2.09. The predicted octanol–water partition coefficient (Wildman–Crippen LogP) is 4.04. The highest BCUT2D eigenvalue weighted by atomic mass is 35.5. The summed E-state index contributed by atoms with van der Waals surface area (Å²) in [4.78, 5) is 5.46. The smallest absolute Gasteiger partial charge is 0.260 e. The molecule has 1 aromatic heterocycles. The molecule has 1 aromatic carbocycles. The minimum atomic E-state index is 0.674. The SMILES string of the molecule is Cc1coc(Sc2ccc(Cl)cc2CNC2CC2)n1. The van der Waals surface area contributed by atoms with Crippen LogP contribution in [0, 0.1) is 6.92 Å². The molecule has 0 unspecified atom stereocenters. The van der Waals surface area contributed by atoms with Gasteiger partial charge in [-0.3, -0.25) is 0 Å². The minimum absolute atomic E-state index is 0.674. The topological polar surface area (TPSA) is 38.1 Å². The average molecular weight is 295 g/mol. The standard InChI is InChI=1S/C14H15ClN2OS/c1-9-8-18-14(17-9)19-13-5-2-11(15)6-10(13)7-16-12-3-4-12/h2,5-6,8,12,16H,3-4,7H2,1H3. The number of benzene rings is 1. The van der Waals surface area contributed by atoms with E-state index in [-0.39, 0.29) is 0 Å². The summed E-state index contributed by atoms with van der Waals surface area (Å²) in [5.41, 5.74) is 2.09. The molecular weight excluding hydrogens is 280 g/mol. The number of halogens is 1. The zero-order valence-corrected chi connectivity index (χ0v) is 12.2. The van der Waals surface area contributed by atoms with Crippen LogP contribution in [0.25, 0.3) is 0 Å². The highest BCUT2D eigenvalue weighted by Gasteiger charge is 2.20. The van der Waals surface area contributed by atoms with Crippen LogP contribution in [0.1, 0.15) is 24.1 Å². The molecule has 1 N–H and O–H groups in total. The summed E-state index contributed by atoms with van der Waals surface area (Å²) < 4.78 is 5.39. The van der Waals surface area contributed by atoms with Crippen molar-refractivity contribution in [2.45, 2.75) is 42.5 Å². The monoisotopic (exact) mass is 294 g/mol. The molecule has 2 aromatic rings. The highest BCUT2D eigenvalue weighted by Crippen LogP contribution is 2.32. The van der Waals surface area contributed by atoms with Gasteiger partial charge >= 0.3 is 0 Å². The first-order valence-corrected chi connectivity index (χ1v) is 7.52. The fourth-order valence-electron chi connectivity index (χ4n) is 1.80. The Morgan fingerprint density at radius 2 is 2.32 bits per heavy atom. The van der Waals surface area contributed by atoms with E-state index in [9.17, 15) is 0 Å². The van der Waals surface area contributed by atoms with Crippen LogP contribution in [0.3, 0.4) is 0 Å². The fraction of sp³-hybridized carbons (Fsp3) is 0.357. The molecule has 1 aliphatic carbocycles. The quantitative estimate of drug-likeness (QED) is 0.903. The molecule has 0 bridgehead atoms. The number of aryl methyl sites for hydroxylation is 1. The summed E-state index contributed by atoms with van der Waals surface area (Å²) in [6.45, 7) is 2.76. The molecule has 0 spiro atoms. The molecule has 0 radical (unpaired) electrons. The van der Waals surface area contributed by atoms with Gasteiger partial charge in [0.25, 0.3) is 5.22 Å². The van der Waals surface area contributed by atoms with Gasteiger partial charge in [-0.2, -0.15) is 0 Å². The second kappa shape index (κ2) is 5.57. The van der Waals surface area contributed by atoms with Crippen molar-refractivity contribution in [3.8, 4) is 0 Å². The van der Waals surface area contributed by atoms with Crippen LogP contribution in [0.5, 0.6) is 0 Å². The molecule has 0 aliphatic heterocycles. The van der Waals surface area contributed by atoms with Crippen molar-refractivity contribution < 1.29 is 4.42 Å². The Morgan fingerprint density at radius 3 is 3.00 bits per heavy atom. The molecule has 0 amide bonds. The van der Waals surface area contributed by atoms with Crippen LogP contribution in [0.15, 0.2) is 39.0 Å². The molecular formula is C14H15ClN2OS. The molecule has 3 nitrogen and oxygen atoms in total. The van der Waals surface area contributed by atoms with E-state index in [2.05, 4.69) is 10.3 Å². The minimum Gasteiger partial charge on any atom is -0.439 e. The molecule has 1 heterocycles. The van der Waals surface area contributed by atoms with Crippen LogP contribution < -0.4 is 5.32 Å². The van der Waals surface area contributed by atoms with Gasteiger partial charge in [-0.1, -0.05) is 11.6 Å². The number of hydrogen-bond acceptors (Lipinski definition) is 4. The molecule has 5 heteroatoms. The van der Waals surface area contributed by atoms with E-state index in [0.717, 1.165) is 22.2 Å². The van der Waals surface area contributed by atoms with E-state index in [4.69, 9.17) is 16.0 Å². The zero-order valence-electron chi connectivity index (χ0n) is 10.6. The largest absolute Gasteiger partial charge is 0.439 e. The second-order valence-electron chi connectivity index (χ2n) is 4.76. The lowest BCUT2D eigenvalue weighted by atomic mass is 10.2. The maximum absolute atomic E-state index is 6.08. The summed E-state index contributed by atoms with van der Waals surface area (Å²) in [6.07, 6.45) is 4.23. The second-order valence-corrected chi connectivity index (χ2v) is 6.19. The Labute approximate surface area is 121 Å². The van der Waals surface area contributed by atoms with E-state index in [1.165, 1.54) is 30.2 Å². The third kappa shape index (κ3) is 3.53. The zero-order chi connectivity index (χ0) is 13.2. The average Bonchev–Trinajstić information content (AvgIpc) is 3.13. The molecule has 100 valence electrons. The summed E-state index contributed by atoms with van der Waals surface area (Å²) in [5, 5.41) is 4.95. The van der Waals surface area contributed by atoms with Crippen molar-refractivity contribution in [2.24, 2.45) is 0 Å². The lowest BCUT2D eigenvalue weighted by Crippen LogP contribution is -2.15. The van der Waals surface area contributed by atoms with E-state index < -0.39 is 0 Å². The number of hydrogen-bond donors (Lipinski definition) is 1. The first kappa shape index (κ1) is 13.0. The van der Waals surface area contributed by atoms with Gasteiger partial charge in [0.05, 0.1) is 5.69 Å². The van der Waals surface area contributed by atoms with Gasteiger partial charge in [0.2, 0.25) is 0 Å². The van der Waals surface area contributed by atoms with Gasteiger partial charge in [-0.25, -0.2) is 4.98 Å². The van der Waals surface area contributed by atoms with Crippen molar-refractivity contribution >= 4 is 23.4 Å². The lowest BCUT2D eigenvalue weighted by molar-refractivity contribution is 0.454. The van der Waals surface area contributed by atoms with Crippen LogP contribution in [0.4, 0.5) is 0 Å². The molecule has 3 rings (SSSR count). The maximum Gasteiger partial charge on any atom is 0.260 e. The summed E-state index contributed by atoms with van der Waals surface area (Å²) >= 11 is 7.62. The number of aromatic nitrogens is 1. The number of nitrogens with one attached hydrogen (secondary N) is 1. The van der Waals surface area contributed by atoms with Crippen molar-refractivity contribution in [1.82, 2.24) is 10.3 Å². The van der Waals surface area contributed by atoms with Gasteiger partial charge in [0.1, 0.15) is 6.26 Å². The van der Waals surface area contributed by atoms with Gasteiger partial charge in [-0.05, 0) is 55.3 Å². The molecule has 0 atom stereocenters.